The van der Waals surface area contributed by atoms with Crippen LogP contribution in [0.3, 0.4) is 0 Å². The van der Waals surface area contributed by atoms with Gasteiger partial charge >= 0.3 is 6.16 Å². The molecule has 0 unspecified atom stereocenters. The second kappa shape index (κ2) is 7.90. The molecule has 0 bridgehead atoms. The van der Waals surface area contributed by atoms with Crippen molar-refractivity contribution in [2.45, 2.75) is 12.8 Å². The van der Waals surface area contributed by atoms with E-state index in [0.29, 0.717) is 5.06 Å². The Morgan fingerprint density at radius 1 is 1.26 bits per heavy atom. The quantitative estimate of drug-likeness (QED) is 0.166. The lowest BCUT2D eigenvalue weighted by molar-refractivity contribution is -0.177. The van der Waals surface area contributed by atoms with Crippen LogP contribution in [-0.4, -0.2) is 49.4 Å². The van der Waals surface area contributed by atoms with Crippen LogP contribution < -0.4 is 0 Å². The van der Waals surface area contributed by atoms with Gasteiger partial charge in [0.05, 0.1) is 13.2 Å². The Kier molecular flexibility index (Phi) is 6.13. The number of hydrogen-bond donors (Lipinski definition) is 0. The van der Waals surface area contributed by atoms with Gasteiger partial charge in [-0.25, -0.2) is 4.79 Å². The fraction of sp³-hybridized carbons (Fsp3) is 0.667. The number of carbonyl (C=O) groups excluding carboxylic acids is 3. The van der Waals surface area contributed by atoms with E-state index < -0.39 is 18.0 Å². The number of rotatable bonds is 7. The summed E-state index contributed by atoms with van der Waals surface area (Å²) in [7, 11) is 0. The topological polar surface area (TPSA) is 131 Å². The molecule has 0 spiro atoms. The highest BCUT2D eigenvalue weighted by Crippen LogP contribution is 2.12. The molecular formula is C9H12N4O6. The molecule has 10 heteroatoms. The molecule has 0 saturated carbocycles. The van der Waals surface area contributed by atoms with Gasteiger partial charge in [0.25, 0.3) is 11.8 Å². The molecule has 0 N–H and O–H groups in total. The standard InChI is InChI=1S/C9H12N4O6/c10-12-11-3-4-17-5-6-18-9(16)19-13-7(14)1-2-8(13)15/h1-6H2. The molecule has 1 aliphatic rings. The van der Waals surface area contributed by atoms with Crippen molar-refractivity contribution in [1.82, 2.24) is 5.06 Å². The van der Waals surface area contributed by atoms with E-state index in [1.54, 1.807) is 0 Å². The van der Waals surface area contributed by atoms with E-state index in [-0.39, 0.29) is 39.2 Å². The number of hydroxylamine groups is 2. The third-order valence-electron chi connectivity index (χ3n) is 2.02. The van der Waals surface area contributed by atoms with Gasteiger partial charge in [-0.15, -0.1) is 0 Å². The van der Waals surface area contributed by atoms with E-state index >= 15 is 0 Å². The van der Waals surface area contributed by atoms with Crippen molar-refractivity contribution in [1.29, 1.82) is 0 Å². The zero-order valence-corrected chi connectivity index (χ0v) is 9.98. The summed E-state index contributed by atoms with van der Waals surface area (Å²) in [5.74, 6) is -1.15. The van der Waals surface area contributed by atoms with E-state index in [1.165, 1.54) is 0 Å². The minimum absolute atomic E-state index is 0.0225. The van der Waals surface area contributed by atoms with Gasteiger partial charge in [-0.2, -0.15) is 0 Å². The van der Waals surface area contributed by atoms with Crippen molar-refractivity contribution in [2.24, 2.45) is 5.11 Å². The van der Waals surface area contributed by atoms with Crippen LogP contribution in [0.5, 0.6) is 0 Å². The van der Waals surface area contributed by atoms with Gasteiger partial charge in [0.15, 0.2) is 0 Å². The van der Waals surface area contributed by atoms with Crippen molar-refractivity contribution < 1.29 is 28.7 Å². The SMILES string of the molecule is [N-]=[N+]=NCCOCCOC(=O)ON1C(=O)CCC1=O. The Morgan fingerprint density at radius 2 is 1.95 bits per heavy atom. The average molecular weight is 272 g/mol. The molecule has 2 amide bonds. The normalized spacial score (nSPS) is 14.2. The lowest BCUT2D eigenvalue weighted by Crippen LogP contribution is -2.32. The molecule has 0 atom stereocenters. The first kappa shape index (κ1) is 14.7. The molecule has 0 radical (unpaired) electrons. The van der Waals surface area contributed by atoms with Crippen LogP contribution in [0, 0.1) is 0 Å². The van der Waals surface area contributed by atoms with Crippen LogP contribution in [0.25, 0.3) is 10.4 Å². The molecular weight excluding hydrogens is 260 g/mol. The molecule has 0 aromatic rings. The third kappa shape index (κ3) is 5.23. The van der Waals surface area contributed by atoms with E-state index in [4.69, 9.17) is 10.3 Å². The molecule has 1 aliphatic heterocycles. The Hall–Kier alpha value is -2.32. The van der Waals surface area contributed by atoms with Crippen LogP contribution in [0.15, 0.2) is 5.11 Å². The van der Waals surface area contributed by atoms with Crippen LogP contribution in [0.4, 0.5) is 4.79 Å². The third-order valence-corrected chi connectivity index (χ3v) is 2.02. The predicted molar refractivity (Wildman–Crippen MR) is 58.4 cm³/mol. The van der Waals surface area contributed by atoms with E-state index in [2.05, 4.69) is 19.6 Å². The average Bonchev–Trinajstić information content (AvgIpc) is 2.69. The summed E-state index contributed by atoms with van der Waals surface area (Å²) in [4.78, 5) is 40.3. The summed E-state index contributed by atoms with van der Waals surface area (Å²) >= 11 is 0. The van der Waals surface area contributed by atoms with E-state index in [0.717, 1.165) is 0 Å². The molecule has 104 valence electrons. The number of ether oxygens (including phenoxy) is 2. The Bertz CT molecular complexity index is 390. The number of azide groups is 1. The number of nitrogens with zero attached hydrogens (tertiary/aromatic N) is 4. The van der Waals surface area contributed by atoms with Crippen molar-refractivity contribution in [3.8, 4) is 0 Å². The molecule has 1 fully saturated rings. The minimum Gasteiger partial charge on any atom is -0.430 e. The van der Waals surface area contributed by atoms with Crippen molar-refractivity contribution in [3.63, 3.8) is 0 Å². The van der Waals surface area contributed by atoms with Gasteiger partial charge in [0.2, 0.25) is 0 Å². The van der Waals surface area contributed by atoms with E-state index in [1.807, 2.05) is 0 Å². The minimum atomic E-state index is -1.15. The first-order valence-electron chi connectivity index (χ1n) is 5.44. The molecule has 10 nitrogen and oxygen atoms in total. The summed E-state index contributed by atoms with van der Waals surface area (Å²) in [5.41, 5.74) is 7.98. The maximum atomic E-state index is 11.1. The second-order valence-electron chi connectivity index (χ2n) is 3.34. The number of imide groups is 1. The summed E-state index contributed by atoms with van der Waals surface area (Å²) in [6.45, 7) is 0.354. The van der Waals surface area contributed by atoms with Crippen LogP contribution >= 0.6 is 0 Å². The zero-order valence-electron chi connectivity index (χ0n) is 9.98. The molecule has 0 aromatic carbocycles. The molecule has 19 heavy (non-hydrogen) atoms. The van der Waals surface area contributed by atoms with E-state index in [9.17, 15) is 14.4 Å². The van der Waals surface area contributed by atoms with Gasteiger partial charge in [0.1, 0.15) is 6.61 Å². The van der Waals surface area contributed by atoms with Crippen molar-refractivity contribution in [3.05, 3.63) is 10.4 Å². The first-order chi connectivity index (χ1) is 9.15. The van der Waals surface area contributed by atoms with Gasteiger partial charge in [-0.05, 0) is 5.53 Å². The zero-order chi connectivity index (χ0) is 14.1. The van der Waals surface area contributed by atoms with Crippen LogP contribution in [-0.2, 0) is 23.9 Å². The number of carbonyl (C=O) groups is 3. The summed E-state index contributed by atoms with van der Waals surface area (Å²) < 4.78 is 9.52. The molecule has 0 aliphatic carbocycles. The summed E-state index contributed by atoms with van der Waals surface area (Å²) in [6, 6.07) is 0. The smallest absolute Gasteiger partial charge is 0.430 e. The number of hydrogen-bond acceptors (Lipinski definition) is 7. The highest BCUT2D eigenvalue weighted by Gasteiger charge is 2.33. The monoisotopic (exact) mass is 272 g/mol. The second-order valence-corrected chi connectivity index (χ2v) is 3.34. The fourth-order valence-corrected chi connectivity index (χ4v) is 1.19. The van der Waals surface area contributed by atoms with Crippen LogP contribution in [0.2, 0.25) is 0 Å². The molecule has 1 saturated heterocycles. The fourth-order valence-electron chi connectivity index (χ4n) is 1.19. The lowest BCUT2D eigenvalue weighted by atomic mass is 10.4. The molecule has 0 aromatic heterocycles. The van der Waals surface area contributed by atoms with Gasteiger partial charge < -0.3 is 9.47 Å². The van der Waals surface area contributed by atoms with Gasteiger partial charge in [-0.3, -0.25) is 14.4 Å². The largest absolute Gasteiger partial charge is 0.534 e. The highest BCUT2D eigenvalue weighted by atomic mass is 16.8. The van der Waals surface area contributed by atoms with Crippen molar-refractivity contribution >= 4 is 18.0 Å². The Labute approximate surface area is 107 Å². The maximum absolute atomic E-state index is 11.1. The van der Waals surface area contributed by atoms with Gasteiger partial charge in [-0.1, -0.05) is 10.2 Å². The predicted octanol–water partition coefficient (Wildman–Crippen LogP) is 0.530. The van der Waals surface area contributed by atoms with Crippen LogP contribution in [0.1, 0.15) is 12.8 Å². The highest BCUT2D eigenvalue weighted by molar-refractivity contribution is 6.01. The van der Waals surface area contributed by atoms with Crippen molar-refractivity contribution in [2.75, 3.05) is 26.4 Å². The number of amides is 2. The Morgan fingerprint density at radius 3 is 2.58 bits per heavy atom. The molecule has 1 rings (SSSR count). The Balaban J connectivity index is 2.09. The maximum Gasteiger partial charge on any atom is 0.534 e. The molecule has 1 heterocycles. The first-order valence-corrected chi connectivity index (χ1v) is 5.44. The van der Waals surface area contributed by atoms with Gasteiger partial charge in [0, 0.05) is 24.3 Å². The summed E-state index contributed by atoms with van der Waals surface area (Å²) in [5, 5.41) is 3.62. The summed E-state index contributed by atoms with van der Waals surface area (Å²) in [6.07, 6.45) is -1.11. The lowest BCUT2D eigenvalue weighted by Gasteiger charge is -2.12.